The molecular weight excluding hydrogens is 274 g/mol. The van der Waals surface area contributed by atoms with Crippen LogP contribution in [0.5, 0.6) is 5.88 Å². The zero-order valence-electron chi connectivity index (χ0n) is 11.2. The monoisotopic (exact) mass is 289 g/mol. The Labute approximate surface area is 123 Å². The minimum Gasteiger partial charge on any atom is -0.478 e. The van der Waals surface area contributed by atoms with Gasteiger partial charge in [-0.15, -0.1) is 0 Å². The molecule has 0 amide bonds. The summed E-state index contributed by atoms with van der Waals surface area (Å²) < 4.78 is 5.41. The molecule has 2 atom stereocenters. The zero-order chi connectivity index (χ0) is 14.1. The molecule has 5 heteroatoms. The van der Waals surface area contributed by atoms with Gasteiger partial charge in [-0.2, -0.15) is 4.98 Å². The number of anilines is 1. The lowest BCUT2D eigenvalue weighted by atomic mass is 10.1. The molecule has 1 aliphatic carbocycles. The molecule has 4 nitrogen and oxygen atoms in total. The number of nitrogen functional groups attached to an aromatic ring is 1. The predicted octanol–water partition coefficient (Wildman–Crippen LogP) is 3.38. The number of benzene rings is 1. The predicted molar refractivity (Wildman–Crippen MR) is 79.2 cm³/mol. The van der Waals surface area contributed by atoms with Gasteiger partial charge in [0.2, 0.25) is 11.8 Å². The van der Waals surface area contributed by atoms with Crippen LogP contribution < -0.4 is 10.5 Å². The molecule has 2 aromatic rings. The zero-order valence-corrected chi connectivity index (χ0v) is 12.0. The summed E-state index contributed by atoms with van der Waals surface area (Å²) in [7, 11) is 0. The van der Waals surface area contributed by atoms with Crippen LogP contribution in [0.3, 0.4) is 0 Å². The van der Waals surface area contributed by atoms with Crippen molar-refractivity contribution >= 4 is 17.5 Å². The van der Waals surface area contributed by atoms with Crippen molar-refractivity contribution in [2.45, 2.75) is 25.2 Å². The lowest BCUT2D eigenvalue weighted by Gasteiger charge is -2.06. The Kier molecular flexibility index (Phi) is 3.49. The first kappa shape index (κ1) is 13.2. The van der Waals surface area contributed by atoms with Crippen molar-refractivity contribution in [3.05, 3.63) is 46.6 Å². The minimum absolute atomic E-state index is 0.271. The third-order valence-corrected chi connectivity index (χ3v) is 3.75. The highest BCUT2D eigenvalue weighted by molar-refractivity contribution is 6.30. The van der Waals surface area contributed by atoms with E-state index in [1.165, 1.54) is 5.56 Å². The number of hydrogen-bond donors (Lipinski definition) is 1. The van der Waals surface area contributed by atoms with Crippen LogP contribution in [-0.2, 0) is 0 Å². The number of ether oxygens (including phenoxy) is 1. The molecule has 1 heterocycles. The average Bonchev–Trinajstić information content (AvgIpc) is 3.19. The summed E-state index contributed by atoms with van der Waals surface area (Å²) in [4.78, 5) is 8.40. The van der Waals surface area contributed by atoms with Gasteiger partial charge in [0.15, 0.2) is 0 Å². The summed E-state index contributed by atoms with van der Waals surface area (Å²) in [5.41, 5.74) is 7.99. The van der Waals surface area contributed by atoms with E-state index in [0.29, 0.717) is 24.3 Å². The first-order valence-corrected chi connectivity index (χ1v) is 7.08. The largest absolute Gasteiger partial charge is 0.478 e. The van der Waals surface area contributed by atoms with Crippen molar-refractivity contribution in [1.29, 1.82) is 0 Å². The van der Waals surface area contributed by atoms with E-state index in [4.69, 9.17) is 22.1 Å². The van der Waals surface area contributed by atoms with Crippen LogP contribution in [0.4, 0.5) is 5.95 Å². The lowest BCUT2D eigenvalue weighted by Crippen LogP contribution is -2.03. The van der Waals surface area contributed by atoms with E-state index in [1.54, 1.807) is 0 Å². The normalized spacial score (nSPS) is 20.7. The Bertz CT molecular complexity index is 615. The van der Waals surface area contributed by atoms with E-state index in [9.17, 15) is 0 Å². The lowest BCUT2D eigenvalue weighted by molar-refractivity contribution is 0.326. The van der Waals surface area contributed by atoms with Gasteiger partial charge in [-0.05, 0) is 37.0 Å². The Morgan fingerprint density at radius 3 is 2.70 bits per heavy atom. The number of aromatic nitrogens is 2. The van der Waals surface area contributed by atoms with Gasteiger partial charge in [0, 0.05) is 17.0 Å². The second-order valence-electron chi connectivity index (χ2n) is 4.92. The third kappa shape index (κ3) is 2.70. The maximum Gasteiger partial charge on any atom is 0.223 e. The molecule has 0 aliphatic heterocycles. The van der Waals surface area contributed by atoms with E-state index in [2.05, 4.69) is 22.1 Å². The SMILES string of the molecule is CCOc1cc([C@@H]2C[C@H]2c2ccc(Cl)cc2)nc(N)n1. The van der Waals surface area contributed by atoms with Gasteiger partial charge in [0.1, 0.15) is 0 Å². The van der Waals surface area contributed by atoms with Crippen molar-refractivity contribution in [3.8, 4) is 5.88 Å². The quantitative estimate of drug-likeness (QED) is 0.937. The number of rotatable bonds is 4. The van der Waals surface area contributed by atoms with Crippen LogP contribution in [0.25, 0.3) is 0 Å². The molecule has 104 valence electrons. The molecule has 0 bridgehead atoms. The highest BCUT2D eigenvalue weighted by atomic mass is 35.5. The Morgan fingerprint density at radius 1 is 1.25 bits per heavy atom. The molecule has 0 radical (unpaired) electrons. The number of halogens is 1. The molecule has 0 unspecified atom stereocenters. The number of nitrogens with two attached hydrogens (primary N) is 1. The standard InChI is InChI=1S/C15H16ClN3O/c1-2-20-14-8-13(18-15(17)19-14)12-7-11(12)9-3-5-10(16)6-4-9/h3-6,8,11-12H,2,7H2,1H3,(H2,17,18,19)/t11-,12+/m0/s1. The fraction of sp³-hybridized carbons (Fsp3) is 0.333. The van der Waals surface area contributed by atoms with Crippen molar-refractivity contribution in [3.63, 3.8) is 0 Å². The molecule has 1 fully saturated rings. The summed E-state index contributed by atoms with van der Waals surface area (Å²) in [5, 5.41) is 0.760. The minimum atomic E-state index is 0.271. The molecular formula is C15H16ClN3O. The van der Waals surface area contributed by atoms with Crippen LogP contribution in [0.15, 0.2) is 30.3 Å². The van der Waals surface area contributed by atoms with Crippen LogP contribution in [-0.4, -0.2) is 16.6 Å². The average molecular weight is 290 g/mol. The second kappa shape index (κ2) is 5.29. The molecule has 1 saturated carbocycles. The molecule has 3 rings (SSSR count). The number of hydrogen-bond acceptors (Lipinski definition) is 4. The fourth-order valence-corrected chi connectivity index (χ4v) is 2.60. The van der Waals surface area contributed by atoms with Crippen LogP contribution in [0.1, 0.15) is 36.4 Å². The molecule has 1 aromatic carbocycles. The van der Waals surface area contributed by atoms with E-state index in [1.807, 2.05) is 25.1 Å². The summed E-state index contributed by atoms with van der Waals surface area (Å²) in [6.07, 6.45) is 1.07. The van der Waals surface area contributed by atoms with E-state index < -0.39 is 0 Å². The molecule has 20 heavy (non-hydrogen) atoms. The molecule has 0 spiro atoms. The number of nitrogens with zero attached hydrogens (tertiary/aromatic N) is 2. The van der Waals surface area contributed by atoms with Gasteiger partial charge in [-0.3, -0.25) is 0 Å². The maximum atomic E-state index is 5.91. The van der Waals surface area contributed by atoms with Crippen molar-refractivity contribution in [2.75, 3.05) is 12.3 Å². The summed E-state index contributed by atoms with van der Waals surface area (Å²) in [6.45, 7) is 2.49. The van der Waals surface area contributed by atoms with Gasteiger partial charge in [-0.25, -0.2) is 4.98 Å². The first-order chi connectivity index (χ1) is 9.67. The van der Waals surface area contributed by atoms with Gasteiger partial charge in [0.05, 0.1) is 12.3 Å². The van der Waals surface area contributed by atoms with Crippen molar-refractivity contribution in [2.24, 2.45) is 0 Å². The molecule has 1 aromatic heterocycles. The first-order valence-electron chi connectivity index (χ1n) is 6.70. The topological polar surface area (TPSA) is 61.0 Å². The van der Waals surface area contributed by atoms with Gasteiger partial charge < -0.3 is 10.5 Å². The van der Waals surface area contributed by atoms with Gasteiger partial charge in [-0.1, -0.05) is 23.7 Å². The maximum absolute atomic E-state index is 5.91. The van der Waals surface area contributed by atoms with E-state index in [-0.39, 0.29) is 5.95 Å². The van der Waals surface area contributed by atoms with Crippen molar-refractivity contribution in [1.82, 2.24) is 9.97 Å². The van der Waals surface area contributed by atoms with Crippen LogP contribution >= 0.6 is 11.6 Å². The second-order valence-corrected chi connectivity index (χ2v) is 5.36. The van der Waals surface area contributed by atoms with E-state index >= 15 is 0 Å². The van der Waals surface area contributed by atoms with Crippen LogP contribution in [0.2, 0.25) is 5.02 Å². The highest BCUT2D eigenvalue weighted by Crippen LogP contribution is 2.54. The van der Waals surface area contributed by atoms with E-state index in [0.717, 1.165) is 17.1 Å². The Morgan fingerprint density at radius 2 is 2.00 bits per heavy atom. The summed E-state index contributed by atoms with van der Waals surface area (Å²) in [5.74, 6) is 1.70. The summed E-state index contributed by atoms with van der Waals surface area (Å²) >= 11 is 5.91. The van der Waals surface area contributed by atoms with Crippen LogP contribution in [0, 0.1) is 0 Å². The Hall–Kier alpha value is -1.81. The summed E-state index contributed by atoms with van der Waals surface area (Å²) in [6, 6.07) is 9.88. The van der Waals surface area contributed by atoms with Gasteiger partial charge >= 0.3 is 0 Å². The fourth-order valence-electron chi connectivity index (χ4n) is 2.47. The third-order valence-electron chi connectivity index (χ3n) is 3.50. The highest BCUT2D eigenvalue weighted by Gasteiger charge is 2.41. The molecule has 1 aliphatic rings. The Balaban J connectivity index is 1.80. The molecule has 2 N–H and O–H groups in total. The molecule has 0 saturated heterocycles. The van der Waals surface area contributed by atoms with Crippen molar-refractivity contribution < 1.29 is 4.74 Å². The van der Waals surface area contributed by atoms with Gasteiger partial charge in [0.25, 0.3) is 0 Å². The smallest absolute Gasteiger partial charge is 0.223 e.